The molecule has 0 unspecified atom stereocenters. The third-order valence-electron chi connectivity index (χ3n) is 3.38. The molecule has 0 radical (unpaired) electrons. The van der Waals surface area contributed by atoms with Gasteiger partial charge in [0.1, 0.15) is 11.6 Å². The van der Waals surface area contributed by atoms with Crippen LogP contribution in [0.1, 0.15) is 30.4 Å². The summed E-state index contributed by atoms with van der Waals surface area (Å²) in [4.78, 5) is 14.0. The first-order valence-corrected chi connectivity index (χ1v) is 6.68. The maximum atomic E-state index is 12.2. The maximum Gasteiger partial charge on any atom is 0.264 e. The molecule has 1 fully saturated rings. The van der Waals surface area contributed by atoms with Crippen LogP contribution in [0.2, 0.25) is 0 Å². The van der Waals surface area contributed by atoms with Gasteiger partial charge in [-0.05, 0) is 37.8 Å². The van der Waals surface area contributed by atoms with Gasteiger partial charge in [0.25, 0.3) is 5.91 Å². The number of amides is 1. The first kappa shape index (κ1) is 13.4. The zero-order valence-corrected chi connectivity index (χ0v) is 11.2. The Labute approximate surface area is 114 Å². The van der Waals surface area contributed by atoms with Crippen LogP contribution >= 0.6 is 0 Å². The van der Waals surface area contributed by atoms with Crippen molar-refractivity contribution in [2.75, 3.05) is 13.1 Å². The number of hydrogen-bond acceptors (Lipinski definition) is 2. The molecule has 1 aliphatic rings. The summed E-state index contributed by atoms with van der Waals surface area (Å²) in [5.41, 5.74) is 2.29. The summed E-state index contributed by atoms with van der Waals surface area (Å²) in [6.45, 7) is 3.55. The number of nitriles is 1. The average Bonchev–Trinajstić information content (AvgIpc) is 2.47. The minimum absolute atomic E-state index is 0.136. The fourth-order valence-electron chi connectivity index (χ4n) is 2.24. The molecule has 2 rings (SSSR count). The lowest BCUT2D eigenvalue weighted by Gasteiger charge is -2.26. The summed E-state index contributed by atoms with van der Waals surface area (Å²) < 4.78 is 0. The largest absolute Gasteiger partial charge is 0.338 e. The van der Waals surface area contributed by atoms with Crippen molar-refractivity contribution < 1.29 is 4.79 Å². The number of carbonyl (C=O) groups is 1. The van der Waals surface area contributed by atoms with Gasteiger partial charge in [-0.2, -0.15) is 5.26 Å². The number of rotatable bonds is 2. The molecule has 1 amide bonds. The van der Waals surface area contributed by atoms with Gasteiger partial charge in [-0.25, -0.2) is 0 Å². The lowest BCUT2D eigenvalue weighted by atomic mass is 10.1. The monoisotopic (exact) mass is 254 g/mol. The van der Waals surface area contributed by atoms with Crippen LogP contribution in [0.3, 0.4) is 0 Å². The van der Waals surface area contributed by atoms with Crippen LogP contribution < -0.4 is 0 Å². The molecule has 0 saturated carbocycles. The SMILES string of the molecule is Cc1ccc(/C=C(\C#N)C(=O)N2CCCCC2)cc1. The molecular weight excluding hydrogens is 236 g/mol. The van der Waals surface area contributed by atoms with Gasteiger partial charge in [-0.1, -0.05) is 29.8 Å². The molecule has 3 heteroatoms. The molecule has 98 valence electrons. The van der Waals surface area contributed by atoms with Crippen molar-refractivity contribution in [2.24, 2.45) is 0 Å². The highest BCUT2D eigenvalue weighted by atomic mass is 16.2. The molecule has 1 heterocycles. The topological polar surface area (TPSA) is 44.1 Å². The summed E-state index contributed by atoms with van der Waals surface area (Å²) in [6, 6.07) is 9.84. The van der Waals surface area contributed by atoms with Gasteiger partial charge in [0.15, 0.2) is 0 Å². The van der Waals surface area contributed by atoms with Gasteiger partial charge < -0.3 is 4.90 Å². The van der Waals surface area contributed by atoms with Crippen molar-refractivity contribution in [1.29, 1.82) is 5.26 Å². The minimum Gasteiger partial charge on any atom is -0.338 e. The maximum absolute atomic E-state index is 12.2. The molecule has 19 heavy (non-hydrogen) atoms. The van der Waals surface area contributed by atoms with Gasteiger partial charge in [0.05, 0.1) is 0 Å². The Kier molecular flexibility index (Phi) is 4.35. The lowest BCUT2D eigenvalue weighted by molar-refractivity contribution is -0.127. The molecule has 0 aromatic heterocycles. The smallest absolute Gasteiger partial charge is 0.264 e. The van der Waals surface area contributed by atoms with E-state index in [1.165, 1.54) is 6.42 Å². The van der Waals surface area contributed by atoms with Crippen molar-refractivity contribution in [2.45, 2.75) is 26.2 Å². The minimum atomic E-state index is -0.136. The second kappa shape index (κ2) is 6.19. The number of carbonyl (C=O) groups excluding carboxylic acids is 1. The van der Waals surface area contributed by atoms with Crippen molar-refractivity contribution in [1.82, 2.24) is 4.90 Å². The van der Waals surface area contributed by atoms with Gasteiger partial charge in [0, 0.05) is 13.1 Å². The summed E-state index contributed by atoms with van der Waals surface area (Å²) >= 11 is 0. The zero-order valence-electron chi connectivity index (χ0n) is 11.2. The van der Waals surface area contributed by atoms with Crippen molar-refractivity contribution in [3.8, 4) is 6.07 Å². The van der Waals surface area contributed by atoms with E-state index in [2.05, 4.69) is 0 Å². The van der Waals surface area contributed by atoms with Gasteiger partial charge in [-0.3, -0.25) is 4.79 Å². The summed E-state index contributed by atoms with van der Waals surface area (Å²) in [5.74, 6) is -0.136. The van der Waals surface area contributed by atoms with E-state index in [1.54, 1.807) is 11.0 Å². The van der Waals surface area contributed by atoms with E-state index < -0.39 is 0 Å². The molecule has 0 atom stereocenters. The Hall–Kier alpha value is -2.08. The fraction of sp³-hybridized carbons (Fsp3) is 0.375. The Bertz CT molecular complexity index is 517. The Morgan fingerprint density at radius 3 is 2.42 bits per heavy atom. The number of piperidine rings is 1. The normalized spacial score (nSPS) is 16.0. The first-order valence-electron chi connectivity index (χ1n) is 6.68. The molecule has 1 saturated heterocycles. The molecule has 3 nitrogen and oxygen atoms in total. The number of nitrogens with zero attached hydrogens (tertiary/aromatic N) is 2. The molecule has 0 N–H and O–H groups in total. The van der Waals surface area contributed by atoms with Crippen LogP contribution in [-0.2, 0) is 4.79 Å². The molecule has 1 aromatic rings. The Balaban J connectivity index is 2.17. The summed E-state index contributed by atoms with van der Waals surface area (Å²) in [7, 11) is 0. The van der Waals surface area contributed by atoms with Gasteiger partial charge in [-0.15, -0.1) is 0 Å². The number of aryl methyl sites for hydroxylation is 1. The van der Waals surface area contributed by atoms with Crippen LogP contribution in [-0.4, -0.2) is 23.9 Å². The van der Waals surface area contributed by atoms with Gasteiger partial charge >= 0.3 is 0 Å². The van der Waals surface area contributed by atoms with Crippen LogP contribution in [0.5, 0.6) is 0 Å². The predicted octanol–water partition coefficient (Wildman–Crippen LogP) is 2.91. The highest BCUT2D eigenvalue weighted by Gasteiger charge is 2.19. The standard InChI is InChI=1S/C16H18N2O/c1-13-5-7-14(8-6-13)11-15(12-17)16(19)18-9-3-2-4-10-18/h5-8,11H,2-4,9-10H2,1H3/b15-11+. The van der Waals surface area contributed by atoms with Gasteiger partial charge in [0.2, 0.25) is 0 Å². The van der Waals surface area contributed by atoms with Crippen LogP contribution in [0.15, 0.2) is 29.8 Å². The molecule has 0 bridgehead atoms. The summed E-state index contributed by atoms with van der Waals surface area (Å²) in [5, 5.41) is 9.18. The molecule has 1 aliphatic heterocycles. The van der Waals surface area contributed by atoms with Crippen molar-refractivity contribution >= 4 is 12.0 Å². The number of benzene rings is 1. The van der Waals surface area contributed by atoms with Crippen molar-refractivity contribution in [3.05, 3.63) is 41.0 Å². The van der Waals surface area contributed by atoms with E-state index >= 15 is 0 Å². The zero-order chi connectivity index (χ0) is 13.7. The van der Waals surface area contributed by atoms with Crippen LogP contribution in [0.4, 0.5) is 0 Å². The predicted molar refractivity (Wildman–Crippen MR) is 75.2 cm³/mol. The number of likely N-dealkylation sites (tertiary alicyclic amines) is 1. The van der Waals surface area contributed by atoms with E-state index in [0.717, 1.165) is 37.1 Å². The molecule has 0 aliphatic carbocycles. The van der Waals surface area contributed by atoms with E-state index in [4.69, 9.17) is 0 Å². The van der Waals surface area contributed by atoms with E-state index in [0.29, 0.717) is 0 Å². The van der Waals surface area contributed by atoms with E-state index in [-0.39, 0.29) is 11.5 Å². The second-order valence-electron chi connectivity index (χ2n) is 4.93. The Morgan fingerprint density at radius 1 is 1.21 bits per heavy atom. The second-order valence-corrected chi connectivity index (χ2v) is 4.93. The third-order valence-corrected chi connectivity index (χ3v) is 3.38. The highest BCUT2D eigenvalue weighted by molar-refractivity contribution is 6.01. The lowest BCUT2D eigenvalue weighted by Crippen LogP contribution is -2.36. The number of hydrogen-bond donors (Lipinski definition) is 0. The highest BCUT2D eigenvalue weighted by Crippen LogP contribution is 2.14. The quantitative estimate of drug-likeness (QED) is 0.601. The molecule has 0 spiro atoms. The fourth-order valence-corrected chi connectivity index (χ4v) is 2.24. The third kappa shape index (κ3) is 3.45. The first-order chi connectivity index (χ1) is 9.20. The summed E-state index contributed by atoms with van der Waals surface area (Å²) in [6.07, 6.45) is 4.92. The van der Waals surface area contributed by atoms with Crippen LogP contribution in [0, 0.1) is 18.3 Å². The van der Waals surface area contributed by atoms with Crippen LogP contribution in [0.25, 0.3) is 6.08 Å². The van der Waals surface area contributed by atoms with E-state index in [9.17, 15) is 10.1 Å². The van der Waals surface area contributed by atoms with E-state index in [1.807, 2.05) is 37.3 Å². The average molecular weight is 254 g/mol. The van der Waals surface area contributed by atoms with Crippen molar-refractivity contribution in [3.63, 3.8) is 0 Å². The molecule has 1 aromatic carbocycles. The molecular formula is C16H18N2O. The Morgan fingerprint density at radius 2 is 1.84 bits per heavy atom.